The SMILES string of the molecule is N=C(N)c1ccc(-n2cccn2)c(Cl)c1Cl. The second-order valence-corrected chi connectivity index (χ2v) is 3.88. The molecular weight excluding hydrogens is 247 g/mol. The predicted molar refractivity (Wildman–Crippen MR) is 64.6 cm³/mol. The molecule has 3 N–H and O–H groups in total. The van der Waals surface area contributed by atoms with Crippen LogP contribution in [0, 0.1) is 5.41 Å². The van der Waals surface area contributed by atoms with Gasteiger partial charge in [0.15, 0.2) is 0 Å². The van der Waals surface area contributed by atoms with Crippen molar-refractivity contribution in [3.8, 4) is 5.69 Å². The Kier molecular flexibility index (Phi) is 2.85. The molecule has 0 unspecified atom stereocenters. The second-order valence-electron chi connectivity index (χ2n) is 3.12. The number of amidine groups is 1. The molecule has 0 aliphatic rings. The predicted octanol–water partition coefficient (Wildman–Crippen LogP) is 2.46. The zero-order valence-corrected chi connectivity index (χ0v) is 9.63. The standard InChI is InChI=1S/C10H8Cl2N4/c11-8-6(10(13)14)2-3-7(9(8)12)16-5-1-4-15-16/h1-5H,(H3,13,14). The van der Waals surface area contributed by atoms with Crippen molar-refractivity contribution in [3.63, 3.8) is 0 Å². The zero-order chi connectivity index (χ0) is 11.7. The fourth-order valence-electron chi connectivity index (χ4n) is 1.34. The van der Waals surface area contributed by atoms with Crippen LogP contribution in [0.3, 0.4) is 0 Å². The van der Waals surface area contributed by atoms with E-state index in [1.165, 1.54) is 0 Å². The Hall–Kier alpha value is -1.52. The Balaban J connectivity index is 2.60. The smallest absolute Gasteiger partial charge is 0.124 e. The third-order valence-corrected chi connectivity index (χ3v) is 2.98. The van der Waals surface area contributed by atoms with E-state index in [0.717, 1.165) is 0 Å². The molecule has 2 aromatic rings. The van der Waals surface area contributed by atoms with E-state index >= 15 is 0 Å². The van der Waals surface area contributed by atoms with Gasteiger partial charge in [0, 0.05) is 18.0 Å². The molecule has 0 amide bonds. The van der Waals surface area contributed by atoms with Gasteiger partial charge in [-0.1, -0.05) is 23.2 Å². The van der Waals surface area contributed by atoms with Crippen LogP contribution in [0.2, 0.25) is 10.0 Å². The first-order valence-electron chi connectivity index (χ1n) is 4.43. The molecule has 0 aliphatic heterocycles. The fraction of sp³-hybridized carbons (Fsp3) is 0. The number of nitrogens with zero attached hydrogens (tertiary/aromatic N) is 2. The maximum absolute atomic E-state index is 7.33. The van der Waals surface area contributed by atoms with Crippen LogP contribution in [0.4, 0.5) is 0 Å². The van der Waals surface area contributed by atoms with Crippen molar-refractivity contribution < 1.29 is 0 Å². The summed E-state index contributed by atoms with van der Waals surface area (Å²) >= 11 is 12.1. The number of hydrogen-bond acceptors (Lipinski definition) is 2. The number of nitrogen functional groups attached to an aromatic ring is 1. The normalized spacial score (nSPS) is 10.4. The van der Waals surface area contributed by atoms with Gasteiger partial charge >= 0.3 is 0 Å². The summed E-state index contributed by atoms with van der Waals surface area (Å²) in [6, 6.07) is 5.15. The summed E-state index contributed by atoms with van der Waals surface area (Å²) in [5.41, 5.74) is 6.44. The largest absolute Gasteiger partial charge is 0.384 e. The summed E-state index contributed by atoms with van der Waals surface area (Å²) in [7, 11) is 0. The molecule has 82 valence electrons. The number of rotatable bonds is 2. The average Bonchev–Trinajstić information content (AvgIpc) is 2.74. The number of benzene rings is 1. The van der Waals surface area contributed by atoms with Crippen molar-refractivity contribution >= 4 is 29.0 Å². The van der Waals surface area contributed by atoms with Crippen LogP contribution in [-0.2, 0) is 0 Å². The summed E-state index contributed by atoms with van der Waals surface area (Å²) in [6.45, 7) is 0. The molecular formula is C10H8Cl2N4. The Morgan fingerprint density at radius 3 is 2.62 bits per heavy atom. The highest BCUT2D eigenvalue weighted by Gasteiger charge is 2.12. The van der Waals surface area contributed by atoms with Crippen molar-refractivity contribution in [2.24, 2.45) is 5.73 Å². The molecule has 6 heteroatoms. The molecule has 0 saturated heterocycles. The van der Waals surface area contributed by atoms with Crippen LogP contribution in [0.5, 0.6) is 0 Å². The second kappa shape index (κ2) is 4.15. The van der Waals surface area contributed by atoms with Gasteiger partial charge in [0.1, 0.15) is 5.84 Å². The van der Waals surface area contributed by atoms with Crippen LogP contribution in [0.1, 0.15) is 5.56 Å². The maximum atomic E-state index is 7.33. The highest BCUT2D eigenvalue weighted by Crippen LogP contribution is 2.31. The molecule has 0 radical (unpaired) electrons. The maximum Gasteiger partial charge on any atom is 0.124 e. The quantitative estimate of drug-likeness (QED) is 0.639. The highest BCUT2D eigenvalue weighted by molar-refractivity contribution is 6.45. The van der Waals surface area contributed by atoms with E-state index in [1.807, 2.05) is 0 Å². The molecule has 0 aliphatic carbocycles. The number of nitrogens with one attached hydrogen (secondary N) is 1. The first kappa shape index (κ1) is 11.0. The minimum Gasteiger partial charge on any atom is -0.384 e. The van der Waals surface area contributed by atoms with Crippen LogP contribution in [0.15, 0.2) is 30.6 Å². The number of nitrogens with two attached hydrogens (primary N) is 1. The van der Waals surface area contributed by atoms with Crippen molar-refractivity contribution in [1.82, 2.24) is 9.78 Å². The lowest BCUT2D eigenvalue weighted by molar-refractivity contribution is 0.880. The average molecular weight is 255 g/mol. The van der Waals surface area contributed by atoms with Gasteiger partial charge in [0.25, 0.3) is 0 Å². The molecule has 16 heavy (non-hydrogen) atoms. The van der Waals surface area contributed by atoms with Crippen LogP contribution >= 0.6 is 23.2 Å². The number of hydrogen-bond donors (Lipinski definition) is 2. The molecule has 1 aromatic carbocycles. The van der Waals surface area contributed by atoms with Crippen LogP contribution in [0.25, 0.3) is 5.69 Å². The molecule has 0 fully saturated rings. The lowest BCUT2D eigenvalue weighted by Crippen LogP contribution is -2.12. The first-order chi connectivity index (χ1) is 7.61. The van der Waals surface area contributed by atoms with E-state index in [-0.39, 0.29) is 10.9 Å². The molecule has 0 bridgehead atoms. The third-order valence-electron chi connectivity index (χ3n) is 2.10. The lowest BCUT2D eigenvalue weighted by atomic mass is 10.2. The first-order valence-corrected chi connectivity index (χ1v) is 5.19. The Morgan fingerprint density at radius 1 is 1.31 bits per heavy atom. The minimum atomic E-state index is -0.112. The van der Waals surface area contributed by atoms with Crippen molar-refractivity contribution in [3.05, 3.63) is 46.2 Å². The summed E-state index contributed by atoms with van der Waals surface area (Å²) in [5, 5.41) is 12.0. The van der Waals surface area contributed by atoms with Gasteiger partial charge in [-0.05, 0) is 18.2 Å². The van der Waals surface area contributed by atoms with Crippen LogP contribution in [-0.4, -0.2) is 15.6 Å². The summed E-state index contributed by atoms with van der Waals surface area (Å²) in [4.78, 5) is 0. The van der Waals surface area contributed by atoms with Crippen LogP contribution < -0.4 is 5.73 Å². The van der Waals surface area contributed by atoms with E-state index < -0.39 is 0 Å². The fourth-order valence-corrected chi connectivity index (χ4v) is 1.85. The molecule has 0 atom stereocenters. The highest BCUT2D eigenvalue weighted by atomic mass is 35.5. The van der Waals surface area contributed by atoms with Crippen molar-refractivity contribution in [2.45, 2.75) is 0 Å². The topological polar surface area (TPSA) is 67.7 Å². The van der Waals surface area contributed by atoms with E-state index in [1.54, 1.807) is 35.3 Å². The molecule has 0 spiro atoms. The minimum absolute atomic E-state index is 0.112. The van der Waals surface area contributed by atoms with Gasteiger partial charge in [-0.3, -0.25) is 5.41 Å². The van der Waals surface area contributed by atoms with Gasteiger partial charge in [-0.2, -0.15) is 5.10 Å². The number of halogens is 2. The van der Waals surface area contributed by atoms with E-state index in [0.29, 0.717) is 16.3 Å². The Labute approximate surface area is 102 Å². The molecule has 2 rings (SSSR count). The Morgan fingerprint density at radius 2 is 2.06 bits per heavy atom. The van der Waals surface area contributed by atoms with E-state index in [4.69, 9.17) is 34.3 Å². The number of aromatic nitrogens is 2. The van der Waals surface area contributed by atoms with Gasteiger partial charge in [0.2, 0.25) is 0 Å². The van der Waals surface area contributed by atoms with Crippen molar-refractivity contribution in [1.29, 1.82) is 5.41 Å². The van der Waals surface area contributed by atoms with Gasteiger partial charge < -0.3 is 5.73 Å². The molecule has 1 aromatic heterocycles. The summed E-state index contributed by atoms with van der Waals surface area (Å²) in [5.74, 6) is -0.112. The van der Waals surface area contributed by atoms with Gasteiger partial charge in [-0.25, -0.2) is 4.68 Å². The summed E-state index contributed by atoms with van der Waals surface area (Å²) < 4.78 is 1.60. The van der Waals surface area contributed by atoms with Crippen molar-refractivity contribution in [2.75, 3.05) is 0 Å². The molecule has 4 nitrogen and oxygen atoms in total. The van der Waals surface area contributed by atoms with Gasteiger partial charge in [0.05, 0.1) is 15.7 Å². The molecule has 0 saturated carbocycles. The van der Waals surface area contributed by atoms with E-state index in [9.17, 15) is 0 Å². The van der Waals surface area contributed by atoms with E-state index in [2.05, 4.69) is 5.10 Å². The monoisotopic (exact) mass is 254 g/mol. The lowest BCUT2D eigenvalue weighted by Gasteiger charge is -2.09. The zero-order valence-electron chi connectivity index (χ0n) is 8.11. The van der Waals surface area contributed by atoms with Gasteiger partial charge in [-0.15, -0.1) is 0 Å². The molecule has 1 heterocycles. The summed E-state index contributed by atoms with van der Waals surface area (Å²) in [6.07, 6.45) is 3.40. The third kappa shape index (κ3) is 1.77. The Bertz CT molecular complexity index is 534.